The van der Waals surface area contributed by atoms with Gasteiger partial charge in [0, 0.05) is 6.42 Å². The Kier molecular flexibility index (Phi) is 6.74. The fraction of sp³-hybridized carbons (Fsp3) is 0.200. The summed E-state index contributed by atoms with van der Waals surface area (Å²) in [5.74, 6) is -1.63. The Morgan fingerprint density at radius 2 is 1.84 bits per heavy atom. The van der Waals surface area contributed by atoms with Crippen LogP contribution >= 0.6 is 11.8 Å². The van der Waals surface area contributed by atoms with Crippen LogP contribution in [0.25, 0.3) is 0 Å². The molecule has 2 aromatic rings. The summed E-state index contributed by atoms with van der Waals surface area (Å²) in [7, 11) is 0. The first kappa shape index (κ1) is 22.5. The largest absolute Gasteiger partial charge is 0.418 e. The summed E-state index contributed by atoms with van der Waals surface area (Å²) in [5, 5.41) is 11.9. The number of carbonyl (C=O) groups is 2. The minimum Gasteiger partial charge on any atom is -0.325 e. The summed E-state index contributed by atoms with van der Waals surface area (Å²) in [6.45, 7) is 1.65. The molecule has 0 radical (unpaired) electrons. The number of benzene rings is 2. The van der Waals surface area contributed by atoms with Gasteiger partial charge in [-0.05, 0) is 36.8 Å². The quantitative estimate of drug-likeness (QED) is 0.406. The van der Waals surface area contributed by atoms with Crippen LogP contribution in [0.1, 0.15) is 24.5 Å². The smallest absolute Gasteiger partial charge is 0.325 e. The Bertz CT molecular complexity index is 1050. The molecule has 11 heteroatoms. The van der Waals surface area contributed by atoms with Gasteiger partial charge in [-0.1, -0.05) is 36.0 Å². The van der Waals surface area contributed by atoms with Crippen molar-refractivity contribution >= 4 is 40.1 Å². The Morgan fingerprint density at radius 3 is 2.52 bits per heavy atom. The van der Waals surface area contributed by atoms with E-state index in [1.807, 2.05) is 0 Å². The summed E-state index contributed by atoms with van der Waals surface area (Å²) in [6.07, 6.45) is -4.97. The molecule has 1 atom stereocenters. The van der Waals surface area contributed by atoms with Crippen molar-refractivity contribution in [2.24, 2.45) is 10.2 Å². The van der Waals surface area contributed by atoms with Crippen LogP contribution in [0.4, 0.5) is 23.2 Å². The van der Waals surface area contributed by atoms with Crippen molar-refractivity contribution in [1.82, 2.24) is 5.32 Å². The molecule has 0 aliphatic carbocycles. The zero-order chi connectivity index (χ0) is 22.6. The SMILES string of the molecule is C/C(=N/N=C1\NC(=O)C(CC(=O)Nc2ccccc2C(F)(F)F)S1)c1ccc(F)cc1. The van der Waals surface area contributed by atoms with E-state index in [0.717, 1.165) is 23.9 Å². The van der Waals surface area contributed by atoms with Gasteiger partial charge >= 0.3 is 6.18 Å². The zero-order valence-corrected chi connectivity index (χ0v) is 16.9. The molecule has 1 aliphatic heterocycles. The number of amides is 2. The van der Waals surface area contributed by atoms with Gasteiger partial charge in [-0.15, -0.1) is 5.10 Å². The van der Waals surface area contributed by atoms with Crippen LogP contribution in [0.3, 0.4) is 0 Å². The van der Waals surface area contributed by atoms with Crippen LogP contribution in [-0.2, 0) is 15.8 Å². The first-order chi connectivity index (χ1) is 14.6. The van der Waals surface area contributed by atoms with E-state index in [4.69, 9.17) is 0 Å². The van der Waals surface area contributed by atoms with Crippen molar-refractivity contribution in [3.05, 3.63) is 65.5 Å². The molecule has 162 valence electrons. The van der Waals surface area contributed by atoms with Crippen molar-refractivity contribution in [1.29, 1.82) is 0 Å². The van der Waals surface area contributed by atoms with E-state index in [-0.39, 0.29) is 23.1 Å². The van der Waals surface area contributed by atoms with Gasteiger partial charge in [0.15, 0.2) is 5.17 Å². The van der Waals surface area contributed by atoms with E-state index in [0.29, 0.717) is 11.3 Å². The van der Waals surface area contributed by atoms with Crippen LogP contribution in [0.5, 0.6) is 0 Å². The monoisotopic (exact) mass is 452 g/mol. The number of hydrogen-bond donors (Lipinski definition) is 2. The highest BCUT2D eigenvalue weighted by atomic mass is 32.2. The van der Waals surface area contributed by atoms with E-state index in [2.05, 4.69) is 20.8 Å². The number of para-hydroxylation sites is 1. The Balaban J connectivity index is 1.63. The molecule has 2 aromatic carbocycles. The molecule has 0 saturated carbocycles. The lowest BCUT2D eigenvalue weighted by Crippen LogP contribution is -2.28. The second kappa shape index (κ2) is 9.29. The number of rotatable bonds is 5. The molecule has 1 aliphatic rings. The molecule has 31 heavy (non-hydrogen) atoms. The highest BCUT2D eigenvalue weighted by molar-refractivity contribution is 8.15. The number of amidine groups is 1. The van der Waals surface area contributed by atoms with Gasteiger partial charge in [0.05, 0.1) is 17.0 Å². The number of nitrogens with zero attached hydrogens (tertiary/aromatic N) is 2. The van der Waals surface area contributed by atoms with E-state index in [1.165, 1.54) is 36.4 Å². The topological polar surface area (TPSA) is 82.9 Å². The second-order valence-corrected chi connectivity index (χ2v) is 7.68. The third-order valence-electron chi connectivity index (χ3n) is 4.21. The molecule has 1 unspecified atom stereocenters. The molecule has 2 amide bonds. The summed E-state index contributed by atoms with van der Waals surface area (Å²) in [5.41, 5.74) is -0.233. The molecule has 2 N–H and O–H groups in total. The van der Waals surface area contributed by atoms with Crippen LogP contribution < -0.4 is 10.6 Å². The fourth-order valence-corrected chi connectivity index (χ4v) is 3.58. The van der Waals surface area contributed by atoms with Gasteiger partial charge in [-0.25, -0.2) is 4.39 Å². The van der Waals surface area contributed by atoms with E-state index < -0.39 is 28.8 Å². The molecular formula is C20H16F4N4O2S. The number of halogens is 4. The van der Waals surface area contributed by atoms with Gasteiger partial charge in [-0.2, -0.15) is 18.3 Å². The molecular weight excluding hydrogens is 436 g/mol. The average molecular weight is 452 g/mol. The standard InChI is InChI=1S/C20H16F4N4O2S/c1-11(12-6-8-13(21)9-7-12)27-28-19-26-18(30)16(31-19)10-17(29)25-15-5-3-2-4-14(15)20(22,23)24/h2-9,16H,10H2,1H3,(H,25,29)(H,26,28,30)/b27-11-. The average Bonchev–Trinajstić information content (AvgIpc) is 3.05. The molecule has 0 spiro atoms. The van der Waals surface area contributed by atoms with Crippen LogP contribution in [0.2, 0.25) is 0 Å². The highest BCUT2D eigenvalue weighted by Crippen LogP contribution is 2.34. The van der Waals surface area contributed by atoms with E-state index in [9.17, 15) is 27.2 Å². The second-order valence-electron chi connectivity index (χ2n) is 6.49. The number of nitrogens with one attached hydrogen (secondary N) is 2. The molecule has 1 heterocycles. The number of alkyl halides is 3. The van der Waals surface area contributed by atoms with Gasteiger partial charge in [0.1, 0.15) is 11.1 Å². The fourth-order valence-electron chi connectivity index (χ4n) is 2.66. The minimum absolute atomic E-state index is 0.153. The lowest BCUT2D eigenvalue weighted by molar-refractivity contribution is -0.137. The van der Waals surface area contributed by atoms with Crippen molar-refractivity contribution in [2.45, 2.75) is 24.8 Å². The van der Waals surface area contributed by atoms with Gasteiger partial charge < -0.3 is 10.6 Å². The third-order valence-corrected chi connectivity index (χ3v) is 5.28. The molecule has 1 fully saturated rings. The predicted molar refractivity (Wildman–Crippen MR) is 110 cm³/mol. The summed E-state index contributed by atoms with van der Waals surface area (Å²) in [6, 6.07) is 10.2. The van der Waals surface area contributed by atoms with Crippen LogP contribution in [-0.4, -0.2) is 27.9 Å². The molecule has 0 bridgehead atoms. The van der Waals surface area contributed by atoms with E-state index >= 15 is 0 Å². The lowest BCUT2D eigenvalue weighted by atomic mass is 10.1. The summed E-state index contributed by atoms with van der Waals surface area (Å²) < 4.78 is 52.1. The van der Waals surface area contributed by atoms with Gasteiger partial charge in [0.2, 0.25) is 11.8 Å². The number of hydrogen-bond acceptors (Lipinski definition) is 5. The minimum atomic E-state index is -4.62. The van der Waals surface area contributed by atoms with Crippen LogP contribution in [0, 0.1) is 5.82 Å². The first-order valence-corrected chi connectivity index (χ1v) is 9.83. The Morgan fingerprint density at radius 1 is 1.16 bits per heavy atom. The number of carbonyl (C=O) groups excluding carboxylic acids is 2. The molecule has 6 nitrogen and oxygen atoms in total. The summed E-state index contributed by atoms with van der Waals surface area (Å²) >= 11 is 0.946. The summed E-state index contributed by atoms with van der Waals surface area (Å²) in [4.78, 5) is 24.3. The van der Waals surface area contributed by atoms with Crippen LogP contribution in [0.15, 0.2) is 58.7 Å². The Labute approximate surface area is 178 Å². The highest BCUT2D eigenvalue weighted by Gasteiger charge is 2.35. The third kappa shape index (κ3) is 5.91. The number of anilines is 1. The maximum atomic E-state index is 13.0. The maximum absolute atomic E-state index is 13.0. The Hall–Kier alpha value is -3.21. The first-order valence-electron chi connectivity index (χ1n) is 8.95. The van der Waals surface area contributed by atoms with Gasteiger partial charge in [-0.3, -0.25) is 9.59 Å². The van der Waals surface area contributed by atoms with Crippen molar-refractivity contribution < 1.29 is 27.2 Å². The van der Waals surface area contributed by atoms with Crippen molar-refractivity contribution in [2.75, 3.05) is 5.32 Å². The molecule has 1 saturated heterocycles. The van der Waals surface area contributed by atoms with Gasteiger partial charge in [0.25, 0.3) is 0 Å². The lowest BCUT2D eigenvalue weighted by Gasteiger charge is -2.14. The normalized spacial score (nSPS) is 18.2. The predicted octanol–water partition coefficient (Wildman–Crippen LogP) is 4.18. The zero-order valence-electron chi connectivity index (χ0n) is 16.0. The van der Waals surface area contributed by atoms with Crippen molar-refractivity contribution in [3.8, 4) is 0 Å². The van der Waals surface area contributed by atoms with E-state index in [1.54, 1.807) is 6.92 Å². The molecule has 3 rings (SSSR count). The molecule has 0 aromatic heterocycles. The maximum Gasteiger partial charge on any atom is 0.418 e. The van der Waals surface area contributed by atoms with Crippen molar-refractivity contribution in [3.63, 3.8) is 0 Å². The number of thioether (sulfide) groups is 1.